The molecule has 0 saturated carbocycles. The Kier molecular flexibility index (Phi) is 7.25. The number of aliphatic hydroxyl groups excluding tert-OH is 2. The van der Waals surface area contributed by atoms with Crippen molar-refractivity contribution in [1.29, 1.82) is 0 Å². The largest absolute Gasteiger partial charge is 0.446 e. The van der Waals surface area contributed by atoms with Gasteiger partial charge in [0.1, 0.15) is 11.9 Å². The van der Waals surface area contributed by atoms with E-state index in [1.807, 2.05) is 0 Å². The lowest BCUT2D eigenvalue weighted by Gasteiger charge is -2.07. The van der Waals surface area contributed by atoms with Crippen LogP contribution in [-0.2, 0) is 4.79 Å². The molecule has 0 saturated heterocycles. The lowest BCUT2D eigenvalue weighted by Crippen LogP contribution is -2.23. The Morgan fingerprint density at radius 2 is 2.03 bits per heavy atom. The average Bonchev–Trinajstić information content (AvgIpc) is 3.36. The third-order valence-corrected chi connectivity index (χ3v) is 5.13. The SMILES string of the molecule is O=C(CCCSc1nonc1-c1noc(=O)n1-c1ccc(F)c(C(F)F)c1)C(O)CO. The summed E-state index contributed by atoms with van der Waals surface area (Å²) < 4.78 is 49.8. The van der Waals surface area contributed by atoms with Crippen LogP contribution in [0.4, 0.5) is 13.2 Å². The van der Waals surface area contributed by atoms with Gasteiger partial charge in [0, 0.05) is 12.2 Å². The summed E-state index contributed by atoms with van der Waals surface area (Å²) in [5.74, 6) is -2.54. The van der Waals surface area contributed by atoms with Gasteiger partial charge in [0.15, 0.2) is 16.5 Å². The van der Waals surface area contributed by atoms with E-state index in [-0.39, 0.29) is 28.7 Å². The molecule has 0 amide bonds. The van der Waals surface area contributed by atoms with Crippen LogP contribution >= 0.6 is 11.8 Å². The Hall–Kier alpha value is -2.97. The van der Waals surface area contributed by atoms with Gasteiger partial charge in [0.05, 0.1) is 17.9 Å². The molecule has 1 unspecified atom stereocenters. The second-order valence-corrected chi connectivity index (χ2v) is 7.23. The van der Waals surface area contributed by atoms with Crippen LogP contribution in [-0.4, -0.2) is 54.5 Å². The number of thioether (sulfide) groups is 1. The van der Waals surface area contributed by atoms with Crippen molar-refractivity contribution in [2.45, 2.75) is 30.4 Å². The highest BCUT2D eigenvalue weighted by molar-refractivity contribution is 7.99. The molecule has 0 aliphatic carbocycles. The molecular formula is C17H15F3N4O6S. The predicted octanol–water partition coefficient (Wildman–Crippen LogP) is 1.75. The summed E-state index contributed by atoms with van der Waals surface area (Å²) in [4.78, 5) is 23.6. The van der Waals surface area contributed by atoms with Crippen LogP contribution in [0.2, 0.25) is 0 Å². The zero-order valence-corrected chi connectivity index (χ0v) is 16.4. The number of aromatic nitrogens is 4. The van der Waals surface area contributed by atoms with Gasteiger partial charge in [-0.15, -0.1) is 11.8 Å². The van der Waals surface area contributed by atoms with Gasteiger partial charge in [0.2, 0.25) is 5.82 Å². The lowest BCUT2D eigenvalue weighted by atomic mass is 10.1. The maximum atomic E-state index is 13.6. The molecule has 0 bridgehead atoms. The Morgan fingerprint density at radius 3 is 2.74 bits per heavy atom. The standard InChI is InChI=1S/C17H15F3N4O6S/c18-10-4-3-8(6-9(10)14(19)20)24-15(22-29-17(24)28)13-16(23-30-21-13)31-5-1-2-11(26)12(27)7-25/h3-4,6,12,14,25,27H,1-2,5,7H2. The summed E-state index contributed by atoms with van der Waals surface area (Å²) in [5, 5.41) is 29.1. The fourth-order valence-corrected chi connectivity index (χ4v) is 3.39. The van der Waals surface area contributed by atoms with E-state index in [2.05, 4.69) is 24.6 Å². The normalized spacial score (nSPS) is 12.5. The van der Waals surface area contributed by atoms with E-state index >= 15 is 0 Å². The highest BCUT2D eigenvalue weighted by atomic mass is 32.2. The fourth-order valence-electron chi connectivity index (χ4n) is 2.56. The first kappa shape index (κ1) is 22.7. The molecule has 3 aromatic rings. The summed E-state index contributed by atoms with van der Waals surface area (Å²) >= 11 is 1.09. The molecule has 2 aromatic heterocycles. The van der Waals surface area contributed by atoms with Gasteiger partial charge in [-0.2, -0.15) is 0 Å². The van der Waals surface area contributed by atoms with Crippen molar-refractivity contribution < 1.29 is 37.3 Å². The Morgan fingerprint density at radius 1 is 1.26 bits per heavy atom. The monoisotopic (exact) mass is 460 g/mol. The van der Waals surface area contributed by atoms with E-state index in [9.17, 15) is 27.9 Å². The summed E-state index contributed by atoms with van der Waals surface area (Å²) in [7, 11) is 0. The van der Waals surface area contributed by atoms with Crippen LogP contribution in [0.25, 0.3) is 17.2 Å². The second kappa shape index (κ2) is 9.89. The molecule has 2 heterocycles. The van der Waals surface area contributed by atoms with Crippen LogP contribution in [0, 0.1) is 5.82 Å². The van der Waals surface area contributed by atoms with Crippen molar-refractivity contribution in [3.05, 3.63) is 40.1 Å². The first-order valence-electron chi connectivity index (χ1n) is 8.77. The maximum absolute atomic E-state index is 13.6. The number of aliphatic hydroxyl groups is 2. The maximum Gasteiger partial charge on any atom is 0.446 e. The molecule has 31 heavy (non-hydrogen) atoms. The Bertz CT molecular complexity index is 1120. The van der Waals surface area contributed by atoms with Gasteiger partial charge in [-0.1, -0.05) is 5.16 Å². The molecule has 0 aliphatic heterocycles. The number of alkyl halides is 2. The average molecular weight is 460 g/mol. The zero-order chi connectivity index (χ0) is 22.5. The van der Waals surface area contributed by atoms with Crippen LogP contribution in [0.15, 0.2) is 37.2 Å². The second-order valence-electron chi connectivity index (χ2n) is 6.15. The number of halogens is 3. The highest BCUT2D eigenvalue weighted by Crippen LogP contribution is 2.30. The summed E-state index contributed by atoms with van der Waals surface area (Å²) in [6, 6.07) is 2.68. The number of hydrogen-bond acceptors (Lipinski definition) is 10. The molecule has 3 rings (SSSR count). The molecule has 0 aliphatic rings. The minimum absolute atomic E-state index is 0.00991. The van der Waals surface area contributed by atoms with Gasteiger partial charge >= 0.3 is 5.76 Å². The lowest BCUT2D eigenvalue weighted by molar-refractivity contribution is -0.128. The van der Waals surface area contributed by atoms with Crippen molar-refractivity contribution in [3.8, 4) is 17.2 Å². The van der Waals surface area contributed by atoms with Crippen molar-refractivity contribution in [1.82, 2.24) is 20.0 Å². The molecule has 14 heteroatoms. The third kappa shape index (κ3) is 5.03. The first-order chi connectivity index (χ1) is 14.8. The number of ketones is 1. The number of carbonyl (C=O) groups is 1. The smallest absolute Gasteiger partial charge is 0.393 e. The number of Topliss-reactive ketones (excluding diaryl/α,β-unsaturated/α-hetero) is 1. The van der Waals surface area contributed by atoms with Gasteiger partial charge in [0.25, 0.3) is 6.43 Å². The summed E-state index contributed by atoms with van der Waals surface area (Å²) in [6.45, 7) is -0.663. The number of rotatable bonds is 10. The van der Waals surface area contributed by atoms with E-state index in [0.29, 0.717) is 12.2 Å². The fraction of sp³-hybridized carbons (Fsp3) is 0.353. The summed E-state index contributed by atoms with van der Waals surface area (Å²) in [6.07, 6.45) is -4.21. The number of benzene rings is 1. The van der Waals surface area contributed by atoms with Gasteiger partial charge < -0.3 is 10.2 Å². The summed E-state index contributed by atoms with van der Waals surface area (Å²) in [5.41, 5.74) is -1.06. The van der Waals surface area contributed by atoms with E-state index in [0.717, 1.165) is 34.5 Å². The Labute approximate surface area is 175 Å². The zero-order valence-electron chi connectivity index (χ0n) is 15.6. The van der Waals surface area contributed by atoms with E-state index in [4.69, 9.17) is 5.11 Å². The molecule has 10 nitrogen and oxygen atoms in total. The number of carbonyl (C=O) groups excluding carboxylic acids is 1. The van der Waals surface area contributed by atoms with Crippen LogP contribution in [0.1, 0.15) is 24.8 Å². The quantitative estimate of drug-likeness (QED) is 0.339. The molecule has 1 atom stereocenters. The number of hydrogen-bond donors (Lipinski definition) is 2. The van der Waals surface area contributed by atoms with Crippen molar-refractivity contribution in [2.75, 3.05) is 12.4 Å². The van der Waals surface area contributed by atoms with Gasteiger partial charge in [-0.05, 0) is 34.9 Å². The minimum atomic E-state index is -3.11. The van der Waals surface area contributed by atoms with E-state index in [1.165, 1.54) is 0 Å². The van der Waals surface area contributed by atoms with Gasteiger partial charge in [-0.25, -0.2) is 27.2 Å². The molecule has 0 radical (unpaired) electrons. The third-order valence-electron chi connectivity index (χ3n) is 4.10. The van der Waals surface area contributed by atoms with Crippen molar-refractivity contribution in [2.24, 2.45) is 0 Å². The van der Waals surface area contributed by atoms with Crippen molar-refractivity contribution >= 4 is 17.5 Å². The van der Waals surface area contributed by atoms with Crippen LogP contribution < -0.4 is 5.76 Å². The topological polar surface area (TPSA) is 144 Å². The number of nitrogens with zero attached hydrogens (tertiary/aromatic N) is 4. The van der Waals surface area contributed by atoms with Crippen molar-refractivity contribution in [3.63, 3.8) is 0 Å². The molecule has 0 spiro atoms. The predicted molar refractivity (Wildman–Crippen MR) is 98.4 cm³/mol. The minimum Gasteiger partial charge on any atom is -0.393 e. The molecule has 0 fully saturated rings. The van der Waals surface area contributed by atoms with E-state index in [1.54, 1.807) is 0 Å². The highest BCUT2D eigenvalue weighted by Gasteiger charge is 2.24. The van der Waals surface area contributed by atoms with Gasteiger partial charge in [-0.3, -0.25) is 9.32 Å². The first-order valence-corrected chi connectivity index (χ1v) is 9.76. The Balaban J connectivity index is 1.82. The molecule has 1 aromatic carbocycles. The van der Waals surface area contributed by atoms with Crippen LogP contribution in [0.5, 0.6) is 0 Å². The molecule has 166 valence electrons. The van der Waals surface area contributed by atoms with E-state index < -0.39 is 42.1 Å². The molecular weight excluding hydrogens is 445 g/mol. The van der Waals surface area contributed by atoms with Crippen LogP contribution in [0.3, 0.4) is 0 Å². The molecule has 2 N–H and O–H groups in total.